The Bertz CT molecular complexity index is 460. The average Bonchev–Trinajstić information content (AvgIpc) is 2.83. The molecule has 2 amide bonds. The van der Waals surface area contributed by atoms with Gasteiger partial charge in [0.05, 0.1) is 11.8 Å². The molecule has 1 unspecified atom stereocenters. The van der Waals surface area contributed by atoms with E-state index in [4.69, 9.17) is 0 Å². The van der Waals surface area contributed by atoms with E-state index < -0.39 is 15.9 Å². The highest BCUT2D eigenvalue weighted by molar-refractivity contribution is 7.94. The van der Waals surface area contributed by atoms with E-state index in [2.05, 4.69) is 17.6 Å². The van der Waals surface area contributed by atoms with Gasteiger partial charge in [-0.1, -0.05) is 64.7 Å². The van der Waals surface area contributed by atoms with E-state index in [0.29, 0.717) is 6.54 Å². The van der Waals surface area contributed by atoms with E-state index in [-0.39, 0.29) is 11.8 Å². The van der Waals surface area contributed by atoms with Gasteiger partial charge in [-0.3, -0.25) is 0 Å². The van der Waals surface area contributed by atoms with Gasteiger partial charge in [0.2, 0.25) is 0 Å². The molecule has 0 aromatic carbocycles. The minimum absolute atomic E-state index is 0.0291. The maximum Gasteiger partial charge on any atom is 0.315 e. The monoisotopic (exact) mass is 344 g/mol. The molecule has 0 aromatic rings. The summed E-state index contributed by atoms with van der Waals surface area (Å²) in [7, 11) is -3.11. The van der Waals surface area contributed by atoms with E-state index in [1.54, 1.807) is 0 Å². The first-order valence-corrected chi connectivity index (χ1v) is 10.7. The summed E-state index contributed by atoms with van der Waals surface area (Å²) in [6, 6.07) is -0.680. The molecule has 0 saturated heterocycles. The maximum absolute atomic E-state index is 11.6. The fraction of sp³-hybridized carbons (Fsp3) is 0.824. The van der Waals surface area contributed by atoms with E-state index >= 15 is 0 Å². The minimum Gasteiger partial charge on any atom is -0.338 e. The normalized spacial score (nSPS) is 18.9. The van der Waals surface area contributed by atoms with Gasteiger partial charge in [0, 0.05) is 12.0 Å². The number of carbonyl (C=O) groups is 1. The molecular weight excluding hydrogens is 312 g/mol. The second-order valence-corrected chi connectivity index (χ2v) is 8.28. The topological polar surface area (TPSA) is 75.3 Å². The lowest BCUT2D eigenvalue weighted by atomic mass is 10.1. The molecular formula is C17H32N2O3S. The van der Waals surface area contributed by atoms with Crippen molar-refractivity contribution in [3.63, 3.8) is 0 Å². The van der Waals surface area contributed by atoms with Crippen LogP contribution in [-0.2, 0) is 9.84 Å². The average molecular weight is 345 g/mol. The van der Waals surface area contributed by atoms with E-state index in [1.165, 1.54) is 62.9 Å². The summed E-state index contributed by atoms with van der Waals surface area (Å²) in [5, 5.41) is 6.60. The van der Waals surface area contributed by atoms with Crippen molar-refractivity contribution in [3.05, 3.63) is 11.5 Å². The lowest BCUT2D eigenvalue weighted by Crippen LogP contribution is -2.42. The molecule has 0 saturated carbocycles. The summed E-state index contributed by atoms with van der Waals surface area (Å²) in [6.45, 7) is 2.88. The highest BCUT2D eigenvalue weighted by Crippen LogP contribution is 2.10. The summed E-state index contributed by atoms with van der Waals surface area (Å²) in [6.07, 6.45) is 14.2. The van der Waals surface area contributed by atoms with Crippen LogP contribution in [0.5, 0.6) is 0 Å². The van der Waals surface area contributed by atoms with Crippen LogP contribution in [0.1, 0.15) is 71.1 Å². The number of carbonyl (C=O) groups excluding carboxylic acids is 1. The van der Waals surface area contributed by atoms with Crippen LogP contribution in [-0.4, -0.2) is 32.8 Å². The summed E-state index contributed by atoms with van der Waals surface area (Å²) >= 11 is 0. The van der Waals surface area contributed by atoms with Crippen molar-refractivity contribution < 1.29 is 13.2 Å². The van der Waals surface area contributed by atoms with Gasteiger partial charge in [-0.15, -0.1) is 0 Å². The maximum atomic E-state index is 11.6. The van der Waals surface area contributed by atoms with Crippen LogP contribution < -0.4 is 10.6 Å². The van der Waals surface area contributed by atoms with Crippen LogP contribution in [0.25, 0.3) is 0 Å². The molecule has 0 radical (unpaired) electrons. The number of urea groups is 1. The molecule has 0 spiro atoms. The summed E-state index contributed by atoms with van der Waals surface area (Å²) < 4.78 is 22.4. The standard InChI is InChI=1S/C17H32N2O3S/c1-2-3-4-5-6-7-8-9-10-11-13-18-17(20)19-16-12-14-23(21,22)15-16/h12,14,16H,2-11,13,15H2,1H3,(H2,18,19,20). The zero-order valence-corrected chi connectivity index (χ0v) is 15.2. The lowest BCUT2D eigenvalue weighted by molar-refractivity contribution is 0.239. The molecule has 134 valence electrons. The third-order valence-corrected chi connectivity index (χ3v) is 5.46. The Morgan fingerprint density at radius 2 is 1.57 bits per heavy atom. The lowest BCUT2D eigenvalue weighted by Gasteiger charge is -2.11. The molecule has 2 N–H and O–H groups in total. The van der Waals surface area contributed by atoms with Crippen LogP contribution in [0.3, 0.4) is 0 Å². The second-order valence-electron chi connectivity index (χ2n) is 6.35. The molecule has 23 heavy (non-hydrogen) atoms. The molecule has 6 heteroatoms. The summed E-state index contributed by atoms with van der Waals surface area (Å²) in [4.78, 5) is 11.6. The smallest absolute Gasteiger partial charge is 0.315 e. The highest BCUT2D eigenvalue weighted by Gasteiger charge is 2.22. The number of hydrogen-bond donors (Lipinski definition) is 2. The van der Waals surface area contributed by atoms with Gasteiger partial charge >= 0.3 is 6.03 Å². The van der Waals surface area contributed by atoms with Crippen LogP contribution in [0.2, 0.25) is 0 Å². The first kappa shape index (κ1) is 20.0. The zero-order chi connectivity index (χ0) is 17.0. The van der Waals surface area contributed by atoms with Gasteiger partial charge in [0.15, 0.2) is 9.84 Å². The third-order valence-electron chi connectivity index (χ3n) is 4.06. The Morgan fingerprint density at radius 1 is 1.00 bits per heavy atom. The molecule has 1 heterocycles. The Balaban J connectivity index is 1.87. The van der Waals surface area contributed by atoms with Crippen LogP contribution in [0, 0.1) is 0 Å². The Labute approximate surface area is 141 Å². The Morgan fingerprint density at radius 3 is 2.09 bits per heavy atom. The molecule has 1 rings (SSSR count). The Hall–Kier alpha value is -1.04. The molecule has 5 nitrogen and oxygen atoms in total. The first-order chi connectivity index (χ1) is 11.0. The number of hydrogen-bond acceptors (Lipinski definition) is 3. The number of nitrogens with one attached hydrogen (secondary N) is 2. The van der Waals surface area contributed by atoms with Crippen molar-refractivity contribution in [2.75, 3.05) is 12.3 Å². The fourth-order valence-electron chi connectivity index (χ4n) is 2.70. The van der Waals surface area contributed by atoms with Crippen molar-refractivity contribution >= 4 is 15.9 Å². The third kappa shape index (κ3) is 10.4. The van der Waals surface area contributed by atoms with Gasteiger partial charge in [0.1, 0.15) is 0 Å². The van der Waals surface area contributed by atoms with Gasteiger partial charge in [-0.2, -0.15) is 0 Å². The van der Waals surface area contributed by atoms with Crippen molar-refractivity contribution in [2.45, 2.75) is 77.2 Å². The number of sulfone groups is 1. The van der Waals surface area contributed by atoms with Crippen LogP contribution in [0.15, 0.2) is 11.5 Å². The van der Waals surface area contributed by atoms with Crippen LogP contribution >= 0.6 is 0 Å². The molecule has 0 aliphatic carbocycles. The van der Waals surface area contributed by atoms with Crippen molar-refractivity contribution in [3.8, 4) is 0 Å². The second kappa shape index (κ2) is 11.5. The van der Waals surface area contributed by atoms with Crippen molar-refractivity contribution in [2.24, 2.45) is 0 Å². The Kier molecular flexibility index (Phi) is 9.99. The molecule has 0 bridgehead atoms. The molecule has 1 aliphatic rings. The molecule has 0 fully saturated rings. The van der Waals surface area contributed by atoms with Gasteiger partial charge in [-0.05, 0) is 12.5 Å². The van der Waals surface area contributed by atoms with Crippen molar-refractivity contribution in [1.82, 2.24) is 10.6 Å². The molecule has 1 aliphatic heterocycles. The quantitative estimate of drug-likeness (QED) is 0.532. The minimum atomic E-state index is -3.11. The molecule has 1 atom stereocenters. The SMILES string of the molecule is CCCCCCCCCCCCNC(=O)NC1C=CS(=O)(=O)C1. The summed E-state index contributed by atoms with van der Waals surface area (Å²) in [5.74, 6) is -0.0291. The predicted molar refractivity (Wildman–Crippen MR) is 95.1 cm³/mol. The highest BCUT2D eigenvalue weighted by atomic mass is 32.2. The largest absolute Gasteiger partial charge is 0.338 e. The number of unbranched alkanes of at least 4 members (excludes halogenated alkanes) is 9. The van der Waals surface area contributed by atoms with E-state index in [0.717, 1.165) is 12.8 Å². The summed E-state index contributed by atoms with van der Waals surface area (Å²) in [5.41, 5.74) is 0. The van der Waals surface area contributed by atoms with Crippen LogP contribution in [0.4, 0.5) is 4.79 Å². The van der Waals surface area contributed by atoms with Gasteiger partial charge in [0.25, 0.3) is 0 Å². The van der Waals surface area contributed by atoms with Gasteiger partial charge < -0.3 is 10.6 Å². The number of amides is 2. The fourth-order valence-corrected chi connectivity index (χ4v) is 3.93. The predicted octanol–water partition coefficient (Wildman–Crippen LogP) is 3.52. The zero-order valence-electron chi connectivity index (χ0n) is 14.4. The van der Waals surface area contributed by atoms with E-state index in [1.807, 2.05) is 0 Å². The number of rotatable bonds is 12. The molecule has 0 aromatic heterocycles. The van der Waals surface area contributed by atoms with Gasteiger partial charge in [-0.25, -0.2) is 13.2 Å². The first-order valence-electron chi connectivity index (χ1n) is 8.99. The van der Waals surface area contributed by atoms with E-state index in [9.17, 15) is 13.2 Å². The van der Waals surface area contributed by atoms with Crippen molar-refractivity contribution in [1.29, 1.82) is 0 Å².